The third-order valence-corrected chi connectivity index (χ3v) is 5.97. The fourth-order valence-electron chi connectivity index (χ4n) is 2.71. The molecule has 0 spiro atoms. The molecule has 24 heavy (non-hydrogen) atoms. The number of aliphatic hydroxyl groups excluding tert-OH is 1. The summed E-state index contributed by atoms with van der Waals surface area (Å²) in [7, 11) is -2.10. The zero-order valence-corrected chi connectivity index (χ0v) is 14.6. The van der Waals surface area contributed by atoms with Crippen LogP contribution in [0.1, 0.15) is 19.3 Å². The molecule has 7 nitrogen and oxygen atoms in total. The molecule has 1 aromatic rings. The van der Waals surface area contributed by atoms with Crippen LogP contribution in [0.15, 0.2) is 29.2 Å². The topological polar surface area (TPSA) is 95.9 Å². The molecule has 1 fully saturated rings. The van der Waals surface area contributed by atoms with Crippen LogP contribution >= 0.6 is 0 Å². The molecule has 8 heteroatoms. The Balaban J connectivity index is 2.05. The summed E-state index contributed by atoms with van der Waals surface area (Å²) in [5.41, 5.74) is 0. The van der Waals surface area contributed by atoms with E-state index in [1.807, 2.05) is 0 Å². The van der Waals surface area contributed by atoms with Gasteiger partial charge >= 0.3 is 0 Å². The minimum Gasteiger partial charge on any atom is -0.497 e. The summed E-state index contributed by atoms with van der Waals surface area (Å²) in [5.74, 6) is 0.0808. The summed E-state index contributed by atoms with van der Waals surface area (Å²) < 4.78 is 31.9. The Bertz CT molecular complexity index is 645. The Morgan fingerprint density at radius 1 is 1.38 bits per heavy atom. The lowest BCUT2D eigenvalue weighted by Crippen LogP contribution is -2.45. The average molecular weight is 356 g/mol. The molecule has 0 unspecified atom stereocenters. The largest absolute Gasteiger partial charge is 0.497 e. The number of rotatable bonds is 7. The van der Waals surface area contributed by atoms with Gasteiger partial charge in [-0.15, -0.1) is 0 Å². The lowest BCUT2D eigenvalue weighted by atomic mass is 9.99. The number of piperidine rings is 1. The van der Waals surface area contributed by atoms with Gasteiger partial charge in [0.05, 0.1) is 17.9 Å². The molecule has 1 aliphatic rings. The standard InChI is InChI=1S/C16H24N2O5S/c1-23-14-5-7-15(8-6-14)24(21,22)18-10-2-4-13(12-18)16(20)17-9-3-11-19/h5-8,13,19H,2-4,9-12H2,1H3,(H,17,20)/t13-/m0/s1. The monoisotopic (exact) mass is 356 g/mol. The lowest BCUT2D eigenvalue weighted by molar-refractivity contribution is -0.126. The van der Waals surface area contributed by atoms with E-state index >= 15 is 0 Å². The SMILES string of the molecule is COc1ccc(S(=O)(=O)N2CCC[C@H](C(=O)NCCCO)C2)cc1. The number of aliphatic hydroxyl groups is 1. The predicted octanol–water partition coefficient (Wildman–Crippen LogP) is 0.595. The first-order chi connectivity index (χ1) is 11.5. The van der Waals surface area contributed by atoms with Gasteiger partial charge in [-0.2, -0.15) is 4.31 Å². The molecule has 1 aromatic carbocycles. The zero-order chi connectivity index (χ0) is 17.6. The van der Waals surface area contributed by atoms with Crippen molar-refractivity contribution < 1.29 is 23.1 Å². The molecule has 0 aromatic heterocycles. The summed E-state index contributed by atoms with van der Waals surface area (Å²) in [6, 6.07) is 6.24. The van der Waals surface area contributed by atoms with E-state index in [0.717, 1.165) is 0 Å². The number of methoxy groups -OCH3 is 1. The van der Waals surface area contributed by atoms with Crippen molar-refractivity contribution in [2.75, 3.05) is 33.4 Å². The van der Waals surface area contributed by atoms with Crippen LogP contribution in [0.4, 0.5) is 0 Å². The molecule has 1 aliphatic heterocycles. The van der Waals surface area contributed by atoms with Crippen molar-refractivity contribution in [3.63, 3.8) is 0 Å². The zero-order valence-electron chi connectivity index (χ0n) is 13.8. The maximum absolute atomic E-state index is 12.7. The number of carbonyl (C=O) groups is 1. The molecule has 0 saturated carbocycles. The van der Waals surface area contributed by atoms with E-state index < -0.39 is 10.0 Å². The highest BCUT2D eigenvalue weighted by atomic mass is 32.2. The van der Waals surface area contributed by atoms with E-state index in [9.17, 15) is 13.2 Å². The second-order valence-electron chi connectivity index (χ2n) is 5.75. The Kier molecular flexibility index (Phi) is 6.59. The normalized spacial score (nSPS) is 19.0. The van der Waals surface area contributed by atoms with E-state index in [1.54, 1.807) is 12.1 Å². The fourth-order valence-corrected chi connectivity index (χ4v) is 4.23. The molecule has 2 N–H and O–H groups in total. The third-order valence-electron chi connectivity index (χ3n) is 4.09. The van der Waals surface area contributed by atoms with Crippen molar-refractivity contribution in [1.82, 2.24) is 9.62 Å². The first-order valence-corrected chi connectivity index (χ1v) is 9.46. The number of nitrogens with zero attached hydrogens (tertiary/aromatic N) is 1. The van der Waals surface area contributed by atoms with Crippen molar-refractivity contribution in [2.45, 2.75) is 24.2 Å². The highest BCUT2D eigenvalue weighted by Crippen LogP contribution is 2.25. The highest BCUT2D eigenvalue weighted by Gasteiger charge is 2.33. The second kappa shape index (κ2) is 8.46. The molecular formula is C16H24N2O5S. The van der Waals surface area contributed by atoms with Crippen molar-refractivity contribution in [1.29, 1.82) is 0 Å². The van der Waals surface area contributed by atoms with Crippen LogP contribution in [0.3, 0.4) is 0 Å². The first kappa shape index (κ1) is 18.7. The number of nitrogens with one attached hydrogen (secondary N) is 1. The van der Waals surface area contributed by atoms with E-state index in [1.165, 1.54) is 23.5 Å². The Hall–Kier alpha value is -1.64. The predicted molar refractivity (Wildman–Crippen MR) is 89.2 cm³/mol. The molecule has 1 saturated heterocycles. The summed E-state index contributed by atoms with van der Waals surface area (Å²) in [5, 5.41) is 11.5. The number of carbonyl (C=O) groups excluding carboxylic acids is 1. The van der Waals surface area contributed by atoms with Gasteiger partial charge in [0.15, 0.2) is 0 Å². The van der Waals surface area contributed by atoms with Gasteiger partial charge in [0.1, 0.15) is 5.75 Å². The minimum atomic E-state index is -3.62. The van der Waals surface area contributed by atoms with Crippen LogP contribution in [-0.2, 0) is 14.8 Å². The third kappa shape index (κ3) is 4.46. The molecule has 0 bridgehead atoms. The van der Waals surface area contributed by atoms with Gasteiger partial charge in [0.2, 0.25) is 15.9 Å². The van der Waals surface area contributed by atoms with E-state index in [-0.39, 0.29) is 29.9 Å². The second-order valence-corrected chi connectivity index (χ2v) is 7.68. The summed E-state index contributed by atoms with van der Waals surface area (Å²) in [6.45, 7) is 1.01. The van der Waals surface area contributed by atoms with Gasteiger partial charge in [0, 0.05) is 26.2 Å². The van der Waals surface area contributed by atoms with Gasteiger partial charge in [-0.05, 0) is 43.5 Å². The molecule has 1 amide bonds. The Morgan fingerprint density at radius 3 is 2.71 bits per heavy atom. The van der Waals surface area contributed by atoms with Gasteiger partial charge in [-0.3, -0.25) is 4.79 Å². The average Bonchev–Trinajstić information content (AvgIpc) is 2.62. The number of ether oxygens (including phenoxy) is 1. The number of sulfonamides is 1. The smallest absolute Gasteiger partial charge is 0.243 e. The quantitative estimate of drug-likeness (QED) is 0.697. The van der Waals surface area contributed by atoms with Crippen molar-refractivity contribution >= 4 is 15.9 Å². The minimum absolute atomic E-state index is 0.0168. The molecule has 1 atom stereocenters. The van der Waals surface area contributed by atoms with Crippen LogP contribution in [0.25, 0.3) is 0 Å². The highest BCUT2D eigenvalue weighted by molar-refractivity contribution is 7.89. The molecule has 1 heterocycles. The molecule has 2 rings (SSSR count). The maximum Gasteiger partial charge on any atom is 0.243 e. The number of amides is 1. The van der Waals surface area contributed by atoms with Gasteiger partial charge < -0.3 is 15.2 Å². The van der Waals surface area contributed by atoms with Crippen molar-refractivity contribution in [2.24, 2.45) is 5.92 Å². The lowest BCUT2D eigenvalue weighted by Gasteiger charge is -2.31. The van der Waals surface area contributed by atoms with Crippen LogP contribution in [0.5, 0.6) is 5.75 Å². The first-order valence-electron chi connectivity index (χ1n) is 8.02. The van der Waals surface area contributed by atoms with Crippen LogP contribution < -0.4 is 10.1 Å². The maximum atomic E-state index is 12.7. The number of hydrogen-bond acceptors (Lipinski definition) is 5. The molecule has 134 valence electrons. The van der Waals surface area contributed by atoms with Gasteiger partial charge in [-0.25, -0.2) is 8.42 Å². The summed E-state index contributed by atoms with van der Waals surface area (Å²) in [4.78, 5) is 12.3. The van der Waals surface area contributed by atoms with E-state index in [2.05, 4.69) is 5.32 Å². The van der Waals surface area contributed by atoms with Crippen molar-refractivity contribution in [3.05, 3.63) is 24.3 Å². The van der Waals surface area contributed by atoms with Gasteiger partial charge in [0.25, 0.3) is 0 Å². The van der Waals surface area contributed by atoms with E-state index in [4.69, 9.17) is 9.84 Å². The Labute approximate surface area is 142 Å². The molecular weight excluding hydrogens is 332 g/mol. The van der Waals surface area contributed by atoms with Crippen molar-refractivity contribution in [3.8, 4) is 5.75 Å². The van der Waals surface area contributed by atoms with Crippen LogP contribution in [0, 0.1) is 5.92 Å². The number of hydrogen-bond donors (Lipinski definition) is 2. The summed E-state index contributed by atoms with van der Waals surface area (Å²) >= 11 is 0. The molecule has 0 aliphatic carbocycles. The van der Waals surface area contributed by atoms with Crippen LogP contribution in [-0.4, -0.2) is 57.1 Å². The Morgan fingerprint density at radius 2 is 2.08 bits per heavy atom. The number of benzene rings is 1. The molecule has 0 radical (unpaired) electrons. The van der Waals surface area contributed by atoms with E-state index in [0.29, 0.717) is 38.1 Å². The summed E-state index contributed by atoms with van der Waals surface area (Å²) in [6.07, 6.45) is 1.80. The van der Waals surface area contributed by atoms with Crippen LogP contribution in [0.2, 0.25) is 0 Å². The van der Waals surface area contributed by atoms with Gasteiger partial charge in [-0.1, -0.05) is 0 Å². The fraction of sp³-hybridized carbons (Fsp3) is 0.562.